The highest BCUT2D eigenvalue weighted by molar-refractivity contribution is 5.83. The summed E-state index contributed by atoms with van der Waals surface area (Å²) in [5.74, 6) is -2.05. The van der Waals surface area contributed by atoms with Crippen molar-refractivity contribution in [3.05, 3.63) is 10.1 Å². The lowest BCUT2D eigenvalue weighted by atomic mass is 9.84. The first-order chi connectivity index (χ1) is 6.73. The van der Waals surface area contributed by atoms with Crippen LogP contribution in [0.15, 0.2) is 0 Å². The molecule has 0 aromatic heterocycles. The Hall–Kier alpha value is -1.46. The van der Waals surface area contributed by atoms with Crippen molar-refractivity contribution in [1.29, 1.82) is 0 Å². The van der Waals surface area contributed by atoms with Gasteiger partial charge in [0.2, 0.25) is 5.54 Å². The van der Waals surface area contributed by atoms with Crippen LogP contribution in [0.4, 0.5) is 0 Å². The second kappa shape index (κ2) is 4.86. The van der Waals surface area contributed by atoms with E-state index in [1.165, 1.54) is 20.8 Å². The number of esters is 1. The Labute approximate surface area is 87.7 Å². The molecule has 0 heterocycles. The molecule has 0 spiro atoms. The number of nitro groups is 1. The van der Waals surface area contributed by atoms with E-state index in [9.17, 15) is 19.7 Å². The van der Waals surface area contributed by atoms with Gasteiger partial charge in [-0.25, -0.2) is 0 Å². The second-order valence-corrected chi connectivity index (χ2v) is 3.89. The summed E-state index contributed by atoms with van der Waals surface area (Å²) in [7, 11) is 1.14. The number of Topliss-reactive ketones (excluding diaryl/α,β-unsaturated/α-hetero) is 1. The Kier molecular flexibility index (Phi) is 4.39. The molecule has 0 aliphatic rings. The molecule has 0 bridgehead atoms. The zero-order chi connectivity index (χ0) is 12.2. The number of carbonyl (C=O) groups is 2. The largest absolute Gasteiger partial charge is 0.469 e. The molecule has 0 fully saturated rings. The standard InChI is InChI=1S/C9H15NO5/c1-6(11)5-7(8(12)15-4)9(2,3)10(13)14/h7H,5H2,1-4H3. The molecule has 0 saturated heterocycles. The maximum absolute atomic E-state index is 11.3. The van der Waals surface area contributed by atoms with Crippen molar-refractivity contribution in [2.75, 3.05) is 7.11 Å². The Morgan fingerprint density at radius 3 is 2.20 bits per heavy atom. The van der Waals surface area contributed by atoms with E-state index in [4.69, 9.17) is 0 Å². The third kappa shape index (κ3) is 3.30. The molecule has 6 nitrogen and oxygen atoms in total. The Balaban J connectivity index is 5.01. The van der Waals surface area contributed by atoms with Gasteiger partial charge in [0.15, 0.2) is 0 Å². The third-order valence-electron chi connectivity index (χ3n) is 2.30. The number of rotatable bonds is 5. The number of carbonyl (C=O) groups excluding carboxylic acids is 2. The summed E-state index contributed by atoms with van der Waals surface area (Å²) in [5.41, 5.74) is -1.50. The molecule has 0 aliphatic carbocycles. The minimum Gasteiger partial charge on any atom is -0.469 e. The van der Waals surface area contributed by atoms with Crippen LogP contribution in [0.25, 0.3) is 0 Å². The summed E-state index contributed by atoms with van der Waals surface area (Å²) in [5, 5.41) is 10.8. The van der Waals surface area contributed by atoms with Crippen molar-refractivity contribution in [1.82, 2.24) is 0 Å². The van der Waals surface area contributed by atoms with Gasteiger partial charge in [-0.15, -0.1) is 0 Å². The van der Waals surface area contributed by atoms with Crippen LogP contribution in [0.2, 0.25) is 0 Å². The van der Waals surface area contributed by atoms with E-state index in [1.807, 2.05) is 0 Å². The van der Waals surface area contributed by atoms with Crippen LogP contribution >= 0.6 is 0 Å². The zero-order valence-electron chi connectivity index (χ0n) is 9.27. The first kappa shape index (κ1) is 13.5. The lowest BCUT2D eigenvalue weighted by molar-refractivity contribution is -0.568. The van der Waals surface area contributed by atoms with Crippen LogP contribution in [0, 0.1) is 16.0 Å². The van der Waals surface area contributed by atoms with Crippen LogP contribution in [0.3, 0.4) is 0 Å². The predicted molar refractivity (Wildman–Crippen MR) is 51.9 cm³/mol. The van der Waals surface area contributed by atoms with Crippen molar-refractivity contribution >= 4 is 11.8 Å². The monoisotopic (exact) mass is 217 g/mol. The molecule has 0 saturated carbocycles. The Morgan fingerprint density at radius 1 is 1.47 bits per heavy atom. The minimum atomic E-state index is -1.50. The average molecular weight is 217 g/mol. The molecule has 0 N–H and O–H groups in total. The summed E-state index contributed by atoms with van der Waals surface area (Å²) < 4.78 is 4.45. The molecule has 0 radical (unpaired) electrons. The lowest BCUT2D eigenvalue weighted by Crippen LogP contribution is -2.45. The van der Waals surface area contributed by atoms with Crippen molar-refractivity contribution in [2.24, 2.45) is 5.92 Å². The van der Waals surface area contributed by atoms with Gasteiger partial charge < -0.3 is 4.74 Å². The summed E-state index contributed by atoms with van der Waals surface area (Å²) >= 11 is 0. The number of hydrogen-bond acceptors (Lipinski definition) is 5. The number of nitrogens with zero attached hydrogens (tertiary/aromatic N) is 1. The van der Waals surface area contributed by atoms with Gasteiger partial charge >= 0.3 is 5.97 Å². The number of methoxy groups -OCH3 is 1. The normalized spacial score (nSPS) is 13.1. The molecule has 0 amide bonds. The van der Waals surface area contributed by atoms with Crippen molar-refractivity contribution in [3.63, 3.8) is 0 Å². The smallest absolute Gasteiger partial charge is 0.316 e. The second-order valence-electron chi connectivity index (χ2n) is 3.89. The van der Waals surface area contributed by atoms with Gasteiger partial charge in [-0.2, -0.15) is 0 Å². The molecule has 0 aromatic rings. The Bertz CT molecular complexity index is 284. The molecule has 0 aromatic carbocycles. The fraction of sp³-hybridized carbons (Fsp3) is 0.778. The van der Waals surface area contributed by atoms with E-state index < -0.39 is 22.3 Å². The van der Waals surface area contributed by atoms with E-state index >= 15 is 0 Å². The topological polar surface area (TPSA) is 86.5 Å². The lowest BCUT2D eigenvalue weighted by Gasteiger charge is -2.23. The van der Waals surface area contributed by atoms with Crippen molar-refractivity contribution < 1.29 is 19.2 Å². The van der Waals surface area contributed by atoms with Gasteiger partial charge in [0.1, 0.15) is 11.7 Å². The summed E-state index contributed by atoms with van der Waals surface area (Å²) in [4.78, 5) is 32.4. The van der Waals surface area contributed by atoms with Gasteiger partial charge in [0.25, 0.3) is 0 Å². The summed E-state index contributed by atoms with van der Waals surface area (Å²) in [6.45, 7) is 3.89. The fourth-order valence-electron chi connectivity index (χ4n) is 1.18. The highest BCUT2D eigenvalue weighted by atomic mass is 16.6. The van der Waals surface area contributed by atoms with Crippen LogP contribution in [0.5, 0.6) is 0 Å². The van der Waals surface area contributed by atoms with Gasteiger partial charge in [-0.3, -0.25) is 19.7 Å². The van der Waals surface area contributed by atoms with Gasteiger partial charge in [-0.05, 0) is 6.92 Å². The summed E-state index contributed by atoms with van der Waals surface area (Å²) in [6, 6.07) is 0. The molecule has 1 atom stereocenters. The van der Waals surface area contributed by atoms with Crippen LogP contribution in [-0.4, -0.2) is 29.3 Å². The van der Waals surface area contributed by atoms with Crippen molar-refractivity contribution in [3.8, 4) is 0 Å². The van der Waals surface area contributed by atoms with Crippen LogP contribution in [-0.2, 0) is 14.3 Å². The van der Waals surface area contributed by atoms with Crippen LogP contribution in [0.1, 0.15) is 27.2 Å². The third-order valence-corrected chi connectivity index (χ3v) is 2.30. The fourth-order valence-corrected chi connectivity index (χ4v) is 1.18. The molecular weight excluding hydrogens is 202 g/mol. The van der Waals surface area contributed by atoms with Crippen molar-refractivity contribution in [2.45, 2.75) is 32.7 Å². The first-order valence-electron chi connectivity index (χ1n) is 4.45. The molecule has 0 aliphatic heterocycles. The molecule has 15 heavy (non-hydrogen) atoms. The molecule has 6 heteroatoms. The van der Waals surface area contributed by atoms with E-state index in [0.29, 0.717) is 0 Å². The first-order valence-corrected chi connectivity index (χ1v) is 4.45. The Morgan fingerprint density at radius 2 is 1.93 bits per heavy atom. The average Bonchev–Trinajstić information content (AvgIpc) is 2.12. The molecule has 1 unspecified atom stereocenters. The zero-order valence-corrected chi connectivity index (χ0v) is 9.27. The summed E-state index contributed by atoms with van der Waals surface area (Å²) in [6.07, 6.45) is -0.180. The number of hydrogen-bond donors (Lipinski definition) is 0. The quantitative estimate of drug-likeness (QED) is 0.386. The van der Waals surface area contributed by atoms with Gasteiger partial charge in [-0.1, -0.05) is 0 Å². The predicted octanol–water partition coefficient (Wildman–Crippen LogP) is 0.810. The van der Waals surface area contributed by atoms with E-state index in [2.05, 4.69) is 4.74 Å². The maximum atomic E-state index is 11.3. The van der Waals surface area contributed by atoms with E-state index in [0.717, 1.165) is 7.11 Å². The number of ketones is 1. The maximum Gasteiger partial charge on any atom is 0.316 e. The van der Waals surface area contributed by atoms with Crippen LogP contribution < -0.4 is 0 Å². The highest BCUT2D eigenvalue weighted by Gasteiger charge is 2.46. The highest BCUT2D eigenvalue weighted by Crippen LogP contribution is 2.25. The molecular formula is C9H15NO5. The van der Waals surface area contributed by atoms with Gasteiger partial charge in [0, 0.05) is 25.2 Å². The van der Waals surface area contributed by atoms with Gasteiger partial charge in [0.05, 0.1) is 7.11 Å². The minimum absolute atomic E-state index is 0.180. The molecule has 86 valence electrons. The molecule has 0 rings (SSSR count). The number of ether oxygens (including phenoxy) is 1. The van der Waals surface area contributed by atoms with E-state index in [1.54, 1.807) is 0 Å². The SMILES string of the molecule is COC(=O)C(CC(C)=O)C(C)(C)[N+](=O)[O-]. The van der Waals surface area contributed by atoms with E-state index in [-0.39, 0.29) is 12.2 Å².